The molecule has 1 saturated heterocycles. The summed E-state index contributed by atoms with van der Waals surface area (Å²) in [5.41, 5.74) is 0.747. The molecule has 0 aromatic heterocycles. The fraction of sp³-hybridized carbons (Fsp3) is 0.647. The standard InChI is InChI=1S/C17H27FN2O/c1-3-11-21-14-7-6-10-20(12-14)13-17(19-2)15-8-4-5-9-16(15)18/h4-5,8-9,14,17,19H,3,6-7,10-13H2,1-2H3. The molecule has 3 nitrogen and oxygen atoms in total. The van der Waals surface area contributed by atoms with Crippen LogP contribution in [-0.4, -0.2) is 44.3 Å². The molecule has 2 rings (SSSR count). The zero-order valence-corrected chi connectivity index (χ0v) is 13.1. The first-order valence-corrected chi connectivity index (χ1v) is 8.00. The summed E-state index contributed by atoms with van der Waals surface area (Å²) in [5, 5.41) is 3.24. The van der Waals surface area contributed by atoms with Crippen molar-refractivity contribution in [2.45, 2.75) is 38.3 Å². The predicted molar refractivity (Wildman–Crippen MR) is 83.9 cm³/mol. The minimum Gasteiger partial charge on any atom is -0.377 e. The van der Waals surface area contributed by atoms with Gasteiger partial charge in [-0.25, -0.2) is 4.39 Å². The van der Waals surface area contributed by atoms with Crippen molar-refractivity contribution in [1.82, 2.24) is 10.2 Å². The van der Waals surface area contributed by atoms with Crippen molar-refractivity contribution in [1.29, 1.82) is 0 Å². The van der Waals surface area contributed by atoms with Gasteiger partial charge in [-0.3, -0.25) is 4.90 Å². The number of halogens is 1. The first-order chi connectivity index (χ1) is 10.2. The van der Waals surface area contributed by atoms with Crippen LogP contribution in [0.15, 0.2) is 24.3 Å². The van der Waals surface area contributed by atoms with Gasteiger partial charge in [-0.2, -0.15) is 0 Å². The van der Waals surface area contributed by atoms with E-state index in [0.29, 0.717) is 6.10 Å². The molecule has 2 unspecified atom stereocenters. The Morgan fingerprint density at radius 1 is 1.43 bits per heavy atom. The molecule has 4 heteroatoms. The van der Waals surface area contributed by atoms with Crippen LogP contribution < -0.4 is 5.32 Å². The molecule has 0 aliphatic carbocycles. The molecule has 21 heavy (non-hydrogen) atoms. The van der Waals surface area contributed by atoms with Gasteiger partial charge in [0.25, 0.3) is 0 Å². The van der Waals surface area contributed by atoms with Crippen molar-refractivity contribution in [3.63, 3.8) is 0 Å². The van der Waals surface area contributed by atoms with E-state index in [0.717, 1.165) is 51.1 Å². The smallest absolute Gasteiger partial charge is 0.128 e. The van der Waals surface area contributed by atoms with Gasteiger partial charge in [0.05, 0.1) is 6.10 Å². The van der Waals surface area contributed by atoms with Crippen LogP contribution in [0.5, 0.6) is 0 Å². The van der Waals surface area contributed by atoms with E-state index in [9.17, 15) is 4.39 Å². The lowest BCUT2D eigenvalue weighted by atomic mass is 10.0. The summed E-state index contributed by atoms with van der Waals surface area (Å²) in [4.78, 5) is 2.39. The molecule has 0 radical (unpaired) electrons. The fourth-order valence-corrected chi connectivity index (χ4v) is 2.96. The van der Waals surface area contributed by atoms with Crippen molar-refractivity contribution < 1.29 is 9.13 Å². The van der Waals surface area contributed by atoms with Crippen LogP contribution in [0.1, 0.15) is 37.8 Å². The highest BCUT2D eigenvalue weighted by atomic mass is 19.1. The number of nitrogens with zero attached hydrogens (tertiary/aromatic N) is 1. The van der Waals surface area contributed by atoms with Gasteiger partial charge in [0.1, 0.15) is 5.82 Å². The number of hydrogen-bond donors (Lipinski definition) is 1. The van der Waals surface area contributed by atoms with Crippen molar-refractivity contribution in [3.8, 4) is 0 Å². The molecular weight excluding hydrogens is 267 g/mol. The molecule has 2 atom stereocenters. The summed E-state index contributed by atoms with van der Waals surface area (Å²) in [6.45, 7) is 5.81. The SMILES string of the molecule is CCCOC1CCCN(CC(NC)c2ccccc2F)C1. The Balaban J connectivity index is 1.94. The van der Waals surface area contributed by atoms with Gasteiger partial charge in [0.15, 0.2) is 0 Å². The Morgan fingerprint density at radius 2 is 2.24 bits per heavy atom. The lowest BCUT2D eigenvalue weighted by Crippen LogP contribution is -2.43. The third kappa shape index (κ3) is 4.77. The number of hydrogen-bond acceptors (Lipinski definition) is 3. The van der Waals surface area contributed by atoms with E-state index in [1.807, 2.05) is 19.2 Å². The number of piperidine rings is 1. The molecule has 1 aromatic carbocycles. The number of nitrogens with one attached hydrogen (secondary N) is 1. The van der Waals surface area contributed by atoms with Gasteiger partial charge in [0, 0.05) is 31.3 Å². The van der Waals surface area contributed by atoms with Crippen LogP contribution >= 0.6 is 0 Å². The fourth-order valence-electron chi connectivity index (χ4n) is 2.96. The van der Waals surface area contributed by atoms with Gasteiger partial charge in [-0.1, -0.05) is 25.1 Å². The van der Waals surface area contributed by atoms with Crippen LogP contribution in [0.2, 0.25) is 0 Å². The summed E-state index contributed by atoms with van der Waals surface area (Å²) in [7, 11) is 1.89. The Hall–Kier alpha value is -0.970. The molecule has 0 spiro atoms. The maximum Gasteiger partial charge on any atom is 0.128 e. The van der Waals surface area contributed by atoms with Gasteiger partial charge in [-0.05, 0) is 38.9 Å². The highest BCUT2D eigenvalue weighted by Gasteiger charge is 2.23. The van der Waals surface area contributed by atoms with E-state index >= 15 is 0 Å². The third-order valence-corrected chi connectivity index (χ3v) is 4.09. The monoisotopic (exact) mass is 294 g/mol. The Labute approximate surface area is 127 Å². The maximum absolute atomic E-state index is 13.9. The van der Waals surface area contributed by atoms with E-state index in [1.54, 1.807) is 6.07 Å². The molecule has 118 valence electrons. The average Bonchev–Trinajstić information content (AvgIpc) is 2.52. The quantitative estimate of drug-likeness (QED) is 0.837. The molecular formula is C17H27FN2O. The van der Waals surface area contributed by atoms with Crippen molar-refractivity contribution in [3.05, 3.63) is 35.6 Å². The van der Waals surface area contributed by atoms with Gasteiger partial charge in [-0.15, -0.1) is 0 Å². The highest BCUT2D eigenvalue weighted by molar-refractivity contribution is 5.21. The Morgan fingerprint density at radius 3 is 2.95 bits per heavy atom. The van der Waals surface area contributed by atoms with E-state index in [2.05, 4.69) is 17.1 Å². The average molecular weight is 294 g/mol. The van der Waals surface area contributed by atoms with Crippen LogP contribution in [0.25, 0.3) is 0 Å². The molecule has 1 aromatic rings. The van der Waals surface area contributed by atoms with Crippen LogP contribution in [0, 0.1) is 5.82 Å². The number of benzene rings is 1. The molecule has 1 fully saturated rings. The van der Waals surface area contributed by atoms with E-state index in [-0.39, 0.29) is 11.9 Å². The summed E-state index contributed by atoms with van der Waals surface area (Å²) >= 11 is 0. The predicted octanol–water partition coefficient (Wildman–Crippen LogP) is 2.98. The van der Waals surface area contributed by atoms with Gasteiger partial charge in [0.2, 0.25) is 0 Å². The van der Waals surface area contributed by atoms with Crippen LogP contribution in [0.4, 0.5) is 4.39 Å². The number of likely N-dealkylation sites (N-methyl/N-ethyl adjacent to an activating group) is 1. The summed E-state index contributed by atoms with van der Waals surface area (Å²) in [6.07, 6.45) is 3.68. The summed E-state index contributed by atoms with van der Waals surface area (Å²) in [6, 6.07) is 7.05. The number of ether oxygens (including phenoxy) is 1. The highest BCUT2D eigenvalue weighted by Crippen LogP contribution is 2.21. The second kappa shape index (κ2) is 8.47. The first kappa shape index (κ1) is 16.4. The maximum atomic E-state index is 13.9. The second-order valence-corrected chi connectivity index (χ2v) is 5.76. The summed E-state index contributed by atoms with van der Waals surface area (Å²) < 4.78 is 19.8. The normalized spacial score (nSPS) is 21.4. The van der Waals surface area contributed by atoms with Crippen molar-refractivity contribution >= 4 is 0 Å². The van der Waals surface area contributed by atoms with Gasteiger partial charge < -0.3 is 10.1 Å². The van der Waals surface area contributed by atoms with E-state index in [4.69, 9.17) is 4.74 Å². The number of rotatable bonds is 7. The molecule has 1 aliphatic rings. The molecule has 0 bridgehead atoms. The van der Waals surface area contributed by atoms with E-state index in [1.165, 1.54) is 6.07 Å². The second-order valence-electron chi connectivity index (χ2n) is 5.76. The minimum atomic E-state index is -0.132. The van der Waals surface area contributed by atoms with Crippen molar-refractivity contribution in [2.24, 2.45) is 0 Å². The Kier molecular flexibility index (Phi) is 6.61. The molecule has 1 N–H and O–H groups in total. The largest absolute Gasteiger partial charge is 0.377 e. The summed E-state index contributed by atoms with van der Waals surface area (Å²) in [5.74, 6) is -0.132. The third-order valence-electron chi connectivity index (χ3n) is 4.09. The lowest BCUT2D eigenvalue weighted by Gasteiger charge is -2.35. The Bertz CT molecular complexity index is 427. The van der Waals surface area contributed by atoms with E-state index < -0.39 is 0 Å². The van der Waals surface area contributed by atoms with Gasteiger partial charge >= 0.3 is 0 Å². The zero-order valence-electron chi connectivity index (χ0n) is 13.1. The van der Waals surface area contributed by atoms with Crippen LogP contribution in [-0.2, 0) is 4.74 Å². The van der Waals surface area contributed by atoms with Crippen molar-refractivity contribution in [2.75, 3.05) is 33.3 Å². The minimum absolute atomic E-state index is 0.0242. The van der Waals surface area contributed by atoms with Crippen LogP contribution in [0.3, 0.4) is 0 Å². The molecule has 1 heterocycles. The lowest BCUT2D eigenvalue weighted by molar-refractivity contribution is -0.00221. The number of likely N-dealkylation sites (tertiary alicyclic amines) is 1. The zero-order chi connectivity index (χ0) is 15.1. The molecule has 0 saturated carbocycles. The molecule has 0 amide bonds. The first-order valence-electron chi connectivity index (χ1n) is 8.00. The molecule has 1 aliphatic heterocycles. The topological polar surface area (TPSA) is 24.5 Å².